The van der Waals surface area contributed by atoms with Gasteiger partial charge in [0, 0.05) is 24.9 Å². The summed E-state index contributed by atoms with van der Waals surface area (Å²) < 4.78 is 25.7. The van der Waals surface area contributed by atoms with Crippen LogP contribution in [0.1, 0.15) is 132 Å². The first-order chi connectivity index (χ1) is 23.1. The lowest BCUT2D eigenvalue weighted by atomic mass is 9.83. The second-order valence-electron chi connectivity index (χ2n) is 19.0. The van der Waals surface area contributed by atoms with Crippen molar-refractivity contribution < 1.29 is 32.4 Å². The molecule has 1 heterocycles. The van der Waals surface area contributed by atoms with Gasteiger partial charge in [0.05, 0.1) is 22.1 Å². The molecule has 50 heavy (non-hydrogen) atoms. The zero-order valence-electron chi connectivity index (χ0n) is 31.7. The third-order valence-corrected chi connectivity index (χ3v) is 15.2. The third kappa shape index (κ3) is 8.58. The van der Waals surface area contributed by atoms with Crippen molar-refractivity contribution in [2.24, 2.45) is 34.5 Å². The molecule has 12 heteroatoms. The van der Waals surface area contributed by atoms with Gasteiger partial charge in [0.2, 0.25) is 11.7 Å². The number of Topliss-reactive ketones (excluding diaryl/α,β-unsaturated/α-hetero) is 2. The maximum atomic E-state index is 14.5. The third-order valence-electron chi connectivity index (χ3n) is 12.4. The van der Waals surface area contributed by atoms with E-state index in [1.54, 1.807) is 25.7 Å². The Hall–Kier alpha value is -2.50. The molecule has 0 aromatic carbocycles. The van der Waals surface area contributed by atoms with Crippen LogP contribution in [0, 0.1) is 34.5 Å². The van der Waals surface area contributed by atoms with Crippen LogP contribution in [0.5, 0.6) is 0 Å². The number of ketones is 2. The van der Waals surface area contributed by atoms with Gasteiger partial charge >= 0.3 is 6.03 Å². The van der Waals surface area contributed by atoms with Crippen molar-refractivity contribution in [3.8, 4) is 0 Å². The highest BCUT2D eigenvalue weighted by atomic mass is 32.2. The second-order valence-corrected chi connectivity index (χ2v) is 21.7. The van der Waals surface area contributed by atoms with Crippen molar-refractivity contribution in [2.75, 3.05) is 12.3 Å². The highest BCUT2D eigenvalue weighted by molar-refractivity contribution is 7.92. The monoisotopic (exact) mass is 718 g/mol. The molecule has 1 unspecified atom stereocenters. The van der Waals surface area contributed by atoms with E-state index < -0.39 is 61.3 Å². The zero-order valence-corrected chi connectivity index (χ0v) is 32.5. The molecular weight excluding hydrogens is 657 g/mol. The van der Waals surface area contributed by atoms with Crippen LogP contribution in [0.15, 0.2) is 0 Å². The average molecular weight is 719 g/mol. The average Bonchev–Trinajstić information content (AvgIpc) is 3.95. The van der Waals surface area contributed by atoms with E-state index in [1.807, 2.05) is 20.8 Å². The lowest BCUT2D eigenvalue weighted by Crippen LogP contribution is -2.63. The quantitative estimate of drug-likeness (QED) is 0.220. The Balaban J connectivity index is 1.33. The number of rotatable bonds is 14. The van der Waals surface area contributed by atoms with Crippen LogP contribution in [0.2, 0.25) is 0 Å². The van der Waals surface area contributed by atoms with Crippen LogP contribution in [0.4, 0.5) is 4.79 Å². The van der Waals surface area contributed by atoms with E-state index in [-0.39, 0.29) is 47.2 Å². The number of carbonyl (C=O) groups is 5. The molecule has 4 amide bonds. The first-order valence-corrected chi connectivity index (χ1v) is 20.7. The van der Waals surface area contributed by atoms with Crippen LogP contribution in [-0.4, -0.2) is 83.4 Å². The van der Waals surface area contributed by atoms with Crippen LogP contribution in [0.25, 0.3) is 0 Å². The number of fused-ring (bicyclic) bond motifs is 1. The Morgan fingerprint density at radius 3 is 2.06 bits per heavy atom. The largest absolute Gasteiger partial charge is 0.347 e. The molecule has 5 atom stereocenters. The van der Waals surface area contributed by atoms with E-state index >= 15 is 0 Å². The van der Waals surface area contributed by atoms with Crippen molar-refractivity contribution in [3.05, 3.63) is 0 Å². The number of carbonyl (C=O) groups excluding carboxylic acids is 5. The molecule has 5 fully saturated rings. The van der Waals surface area contributed by atoms with Gasteiger partial charge in [0.25, 0.3) is 5.91 Å². The molecule has 282 valence electrons. The van der Waals surface area contributed by atoms with Gasteiger partial charge in [-0.15, -0.1) is 0 Å². The predicted octanol–water partition coefficient (Wildman–Crippen LogP) is 4.71. The number of nitrogens with zero attached hydrogens (tertiary/aromatic N) is 1. The van der Waals surface area contributed by atoms with Crippen LogP contribution >= 0.6 is 0 Å². The molecule has 11 nitrogen and oxygen atoms in total. The van der Waals surface area contributed by atoms with Gasteiger partial charge < -0.3 is 20.9 Å². The normalized spacial score (nSPS) is 27.0. The minimum atomic E-state index is -3.55. The topological polar surface area (TPSA) is 159 Å². The number of hydrogen-bond acceptors (Lipinski definition) is 7. The standard InChI is InChI=1S/C38H62N4O7S/c1-35(2,3)31(40-34(47)41-38(18-10-9-11-19-38)22-50(48,49)36(4,5)6)33(46)42-21-26-28(37(26,7)8)29(42)27(43)20-24(15-14-23-12-13-23)30(44)32(45)39-25-16-17-25/h23-26,28-29,31H,9-22H2,1-8H3,(H,39,45)(H2,40,41,47)/t24-,26+,28+,29?,31-/m1/s1. The summed E-state index contributed by atoms with van der Waals surface area (Å²) in [7, 11) is -3.55. The van der Waals surface area contributed by atoms with Gasteiger partial charge in [-0.25, -0.2) is 13.2 Å². The maximum absolute atomic E-state index is 14.5. The fourth-order valence-corrected chi connectivity index (χ4v) is 9.94. The summed E-state index contributed by atoms with van der Waals surface area (Å²) in [5.41, 5.74) is -1.82. The van der Waals surface area contributed by atoms with Gasteiger partial charge in [-0.3, -0.25) is 19.2 Å². The molecule has 0 bridgehead atoms. The van der Waals surface area contributed by atoms with Gasteiger partial charge in [-0.05, 0) is 87.9 Å². The second kappa shape index (κ2) is 13.8. The zero-order chi connectivity index (χ0) is 37.0. The van der Waals surface area contributed by atoms with Crippen molar-refractivity contribution in [3.63, 3.8) is 0 Å². The fourth-order valence-electron chi connectivity index (χ4n) is 8.42. The summed E-state index contributed by atoms with van der Waals surface area (Å²) in [4.78, 5) is 70.4. The maximum Gasteiger partial charge on any atom is 0.315 e. The van der Waals surface area contributed by atoms with Gasteiger partial charge in [-0.2, -0.15) is 0 Å². The van der Waals surface area contributed by atoms with E-state index in [0.717, 1.165) is 51.4 Å². The minimum absolute atomic E-state index is 0.0390. The summed E-state index contributed by atoms with van der Waals surface area (Å²) in [5.74, 6) is -2.03. The first-order valence-electron chi connectivity index (χ1n) is 19.1. The molecule has 4 aliphatic carbocycles. The first kappa shape index (κ1) is 38.7. The Kier molecular flexibility index (Phi) is 10.7. The smallest absolute Gasteiger partial charge is 0.315 e. The van der Waals surface area contributed by atoms with E-state index in [2.05, 4.69) is 29.8 Å². The molecule has 5 aliphatic rings. The van der Waals surface area contributed by atoms with Gasteiger partial charge in [-0.1, -0.05) is 66.7 Å². The number of hydrogen-bond donors (Lipinski definition) is 3. The summed E-state index contributed by atoms with van der Waals surface area (Å²) in [5, 5.41) is 8.74. The van der Waals surface area contributed by atoms with Gasteiger partial charge in [0.1, 0.15) is 6.04 Å². The molecule has 0 aromatic rings. The number of nitrogens with one attached hydrogen (secondary N) is 3. The Bertz CT molecular complexity index is 1460. The lowest BCUT2D eigenvalue weighted by molar-refractivity contribution is -0.145. The van der Waals surface area contributed by atoms with E-state index in [1.165, 1.54) is 0 Å². The van der Waals surface area contributed by atoms with Crippen LogP contribution < -0.4 is 16.0 Å². The Morgan fingerprint density at radius 1 is 0.900 bits per heavy atom. The number of sulfone groups is 1. The molecule has 0 spiro atoms. The molecule has 1 saturated heterocycles. The molecule has 4 saturated carbocycles. The minimum Gasteiger partial charge on any atom is -0.347 e. The van der Waals surface area contributed by atoms with Crippen LogP contribution in [-0.2, 0) is 29.0 Å². The molecular formula is C38H62N4O7S. The molecule has 0 aromatic heterocycles. The number of amides is 4. The molecule has 3 N–H and O–H groups in total. The lowest BCUT2D eigenvalue weighted by Gasteiger charge is -2.41. The van der Waals surface area contributed by atoms with E-state index in [4.69, 9.17) is 0 Å². The number of piperidine rings is 1. The predicted molar refractivity (Wildman–Crippen MR) is 192 cm³/mol. The molecule has 5 rings (SSSR count). The summed E-state index contributed by atoms with van der Waals surface area (Å²) in [6.45, 7) is 15.2. The van der Waals surface area contributed by atoms with Gasteiger partial charge in [0.15, 0.2) is 15.6 Å². The Labute approximate surface area is 299 Å². The number of urea groups is 1. The van der Waals surface area contributed by atoms with Crippen molar-refractivity contribution in [1.82, 2.24) is 20.9 Å². The number of likely N-dealkylation sites (tertiary alicyclic amines) is 1. The van der Waals surface area contributed by atoms with Crippen molar-refractivity contribution in [1.29, 1.82) is 0 Å². The van der Waals surface area contributed by atoms with Crippen molar-refractivity contribution in [2.45, 2.75) is 161 Å². The molecule has 1 aliphatic heterocycles. The summed E-state index contributed by atoms with van der Waals surface area (Å²) >= 11 is 0. The highest BCUT2D eigenvalue weighted by Crippen LogP contribution is 2.65. The van der Waals surface area contributed by atoms with E-state index in [0.29, 0.717) is 31.7 Å². The molecule has 0 radical (unpaired) electrons. The van der Waals surface area contributed by atoms with E-state index in [9.17, 15) is 32.4 Å². The van der Waals surface area contributed by atoms with Crippen LogP contribution in [0.3, 0.4) is 0 Å². The fraction of sp³-hybridized carbons (Fsp3) is 0.868. The highest BCUT2D eigenvalue weighted by Gasteiger charge is 2.69. The summed E-state index contributed by atoms with van der Waals surface area (Å²) in [6, 6.07) is -2.29. The van der Waals surface area contributed by atoms with Crippen molar-refractivity contribution >= 4 is 39.2 Å². The summed E-state index contributed by atoms with van der Waals surface area (Å²) in [6.07, 6.45) is 8.74. The SMILES string of the molecule is CC(C)(C)[C@H](NC(=O)NC1(CS(=O)(=O)C(C)(C)C)CCCCC1)C(=O)N1C[C@H]2[C@@H](C1C(=O)C[C@@H](CCC1CC1)C(=O)C(=O)NC1CC1)C2(C)C. The Morgan fingerprint density at radius 2 is 1.52 bits per heavy atom.